The van der Waals surface area contributed by atoms with Crippen LogP contribution in [0.2, 0.25) is 0 Å². The van der Waals surface area contributed by atoms with Crippen LogP contribution in [-0.2, 0) is 7.05 Å². The number of hydrogen-bond donors (Lipinski definition) is 1. The zero-order chi connectivity index (χ0) is 15.4. The van der Waals surface area contributed by atoms with Crippen molar-refractivity contribution in [2.24, 2.45) is 7.05 Å². The Bertz CT molecular complexity index is 1020. The van der Waals surface area contributed by atoms with Gasteiger partial charge in [-0.2, -0.15) is 5.10 Å². The first-order chi connectivity index (χ1) is 11.3. The van der Waals surface area contributed by atoms with Crippen LogP contribution in [0.25, 0.3) is 33.1 Å². The predicted octanol–water partition coefficient (Wildman–Crippen LogP) is 4.38. The highest BCUT2D eigenvalue weighted by Gasteiger charge is 2.21. The lowest BCUT2D eigenvalue weighted by Crippen LogP contribution is -2.10. The van der Waals surface area contributed by atoms with Crippen LogP contribution in [0, 0.1) is 0 Å². The lowest BCUT2D eigenvalue weighted by atomic mass is 9.82. The van der Waals surface area contributed by atoms with Crippen molar-refractivity contribution in [1.29, 1.82) is 0 Å². The molecule has 5 rings (SSSR count). The first kappa shape index (κ1) is 12.9. The quantitative estimate of drug-likeness (QED) is 0.597. The standard InChI is InChI=1S/C19H18N4/c1-23-11-14-9-13(5-7-18(14)22-23)16-10-20-19-15(16)6-8-17(21-19)12-3-2-4-12/h5-12H,2-4H2,1H3,(H,20,21). The number of aromatic amines is 1. The van der Waals surface area contributed by atoms with E-state index in [9.17, 15) is 0 Å². The molecule has 1 saturated carbocycles. The Labute approximate surface area is 134 Å². The van der Waals surface area contributed by atoms with Crippen molar-refractivity contribution in [3.05, 3.63) is 48.4 Å². The van der Waals surface area contributed by atoms with Gasteiger partial charge in [-0.1, -0.05) is 12.5 Å². The van der Waals surface area contributed by atoms with Gasteiger partial charge in [0, 0.05) is 47.4 Å². The zero-order valence-corrected chi connectivity index (χ0v) is 13.1. The summed E-state index contributed by atoms with van der Waals surface area (Å²) in [6.45, 7) is 0. The molecule has 0 saturated heterocycles. The zero-order valence-electron chi connectivity index (χ0n) is 13.1. The van der Waals surface area contributed by atoms with Crippen molar-refractivity contribution < 1.29 is 0 Å². The Morgan fingerprint density at radius 1 is 1.17 bits per heavy atom. The third-order valence-electron chi connectivity index (χ3n) is 5.01. The van der Waals surface area contributed by atoms with E-state index in [0.717, 1.165) is 11.2 Å². The largest absolute Gasteiger partial charge is 0.346 e. The smallest absolute Gasteiger partial charge is 0.138 e. The maximum absolute atomic E-state index is 4.84. The third-order valence-corrected chi connectivity index (χ3v) is 5.01. The molecule has 0 bridgehead atoms. The SMILES string of the molecule is Cn1cc2cc(-c3c[nH]c4nc(C5CCC5)ccc34)ccc2n1. The second-order valence-electron chi connectivity index (χ2n) is 6.54. The second-order valence-corrected chi connectivity index (χ2v) is 6.54. The molecular formula is C19H18N4. The van der Waals surface area contributed by atoms with Gasteiger partial charge in [-0.15, -0.1) is 0 Å². The molecule has 23 heavy (non-hydrogen) atoms. The Morgan fingerprint density at radius 2 is 2.09 bits per heavy atom. The van der Waals surface area contributed by atoms with E-state index >= 15 is 0 Å². The minimum atomic E-state index is 0.665. The van der Waals surface area contributed by atoms with Crippen LogP contribution >= 0.6 is 0 Å². The summed E-state index contributed by atoms with van der Waals surface area (Å²) in [6, 6.07) is 10.8. The van der Waals surface area contributed by atoms with Gasteiger partial charge in [0.1, 0.15) is 5.65 Å². The number of benzene rings is 1. The maximum Gasteiger partial charge on any atom is 0.138 e. The van der Waals surface area contributed by atoms with E-state index in [2.05, 4.69) is 52.8 Å². The van der Waals surface area contributed by atoms with Crippen molar-refractivity contribution in [3.63, 3.8) is 0 Å². The van der Waals surface area contributed by atoms with Crippen molar-refractivity contribution in [1.82, 2.24) is 19.7 Å². The molecule has 3 aromatic heterocycles. The first-order valence-electron chi connectivity index (χ1n) is 8.20. The fraction of sp³-hybridized carbons (Fsp3) is 0.263. The van der Waals surface area contributed by atoms with Crippen LogP contribution < -0.4 is 0 Å². The summed E-state index contributed by atoms with van der Waals surface area (Å²) in [7, 11) is 1.96. The number of hydrogen-bond acceptors (Lipinski definition) is 2. The van der Waals surface area contributed by atoms with Gasteiger partial charge >= 0.3 is 0 Å². The molecule has 1 N–H and O–H groups in total. The number of H-pyrrole nitrogens is 1. The molecule has 114 valence electrons. The average molecular weight is 302 g/mol. The lowest BCUT2D eigenvalue weighted by Gasteiger charge is -2.24. The van der Waals surface area contributed by atoms with Gasteiger partial charge in [-0.3, -0.25) is 4.68 Å². The maximum atomic E-state index is 4.84. The monoisotopic (exact) mass is 302 g/mol. The second kappa shape index (κ2) is 4.69. The Kier molecular flexibility index (Phi) is 2.62. The van der Waals surface area contributed by atoms with Crippen LogP contribution in [0.4, 0.5) is 0 Å². The van der Waals surface area contributed by atoms with E-state index in [-0.39, 0.29) is 0 Å². The predicted molar refractivity (Wildman–Crippen MR) is 92.4 cm³/mol. The lowest BCUT2D eigenvalue weighted by molar-refractivity contribution is 0.412. The van der Waals surface area contributed by atoms with Gasteiger partial charge in [0.2, 0.25) is 0 Å². The summed E-state index contributed by atoms with van der Waals surface area (Å²) in [5, 5.41) is 6.80. The molecule has 0 radical (unpaired) electrons. The van der Waals surface area contributed by atoms with Crippen LogP contribution in [-0.4, -0.2) is 19.7 Å². The summed E-state index contributed by atoms with van der Waals surface area (Å²) in [5.41, 5.74) is 5.67. The van der Waals surface area contributed by atoms with Crippen LogP contribution in [0.1, 0.15) is 30.9 Å². The molecule has 4 nitrogen and oxygen atoms in total. The molecule has 1 aliphatic carbocycles. The van der Waals surface area contributed by atoms with Crippen molar-refractivity contribution in [2.45, 2.75) is 25.2 Å². The van der Waals surface area contributed by atoms with Gasteiger partial charge < -0.3 is 4.98 Å². The summed E-state index contributed by atoms with van der Waals surface area (Å²) >= 11 is 0. The normalized spacial score (nSPS) is 15.3. The number of fused-ring (bicyclic) bond motifs is 2. The number of pyridine rings is 1. The summed E-state index contributed by atoms with van der Waals surface area (Å²) in [6.07, 6.45) is 8.03. The topological polar surface area (TPSA) is 46.5 Å². The molecule has 0 unspecified atom stereocenters. The van der Waals surface area contributed by atoms with Crippen molar-refractivity contribution in [2.75, 3.05) is 0 Å². The third kappa shape index (κ3) is 1.98. The number of aryl methyl sites for hydroxylation is 1. The summed E-state index contributed by atoms with van der Waals surface area (Å²) in [5.74, 6) is 0.665. The van der Waals surface area contributed by atoms with E-state index in [1.54, 1.807) is 0 Å². The summed E-state index contributed by atoms with van der Waals surface area (Å²) in [4.78, 5) is 8.19. The fourth-order valence-electron chi connectivity index (χ4n) is 3.51. The molecule has 1 fully saturated rings. The Balaban J connectivity index is 1.63. The highest BCUT2D eigenvalue weighted by molar-refractivity contribution is 5.96. The molecule has 0 amide bonds. The molecular weight excluding hydrogens is 284 g/mol. The highest BCUT2D eigenvalue weighted by atomic mass is 15.2. The highest BCUT2D eigenvalue weighted by Crippen LogP contribution is 2.37. The fourth-order valence-corrected chi connectivity index (χ4v) is 3.51. The molecule has 1 aliphatic rings. The minimum absolute atomic E-state index is 0.665. The van der Waals surface area contributed by atoms with Gasteiger partial charge in [0.15, 0.2) is 0 Å². The van der Waals surface area contributed by atoms with Gasteiger partial charge in [0.05, 0.1) is 5.52 Å². The van der Waals surface area contributed by atoms with E-state index in [0.29, 0.717) is 5.92 Å². The number of aromatic nitrogens is 4. The molecule has 3 heterocycles. The molecule has 1 aromatic carbocycles. The van der Waals surface area contributed by atoms with E-state index < -0.39 is 0 Å². The molecule has 4 heteroatoms. The summed E-state index contributed by atoms with van der Waals surface area (Å²) < 4.78 is 1.86. The minimum Gasteiger partial charge on any atom is -0.346 e. The van der Waals surface area contributed by atoms with E-state index in [1.165, 1.54) is 46.9 Å². The van der Waals surface area contributed by atoms with Crippen LogP contribution in [0.5, 0.6) is 0 Å². The van der Waals surface area contributed by atoms with E-state index in [1.807, 2.05) is 11.7 Å². The first-order valence-corrected chi connectivity index (χ1v) is 8.20. The van der Waals surface area contributed by atoms with Crippen molar-refractivity contribution in [3.8, 4) is 11.1 Å². The molecule has 0 atom stereocenters. The Hall–Kier alpha value is -2.62. The number of nitrogens with one attached hydrogen (secondary N) is 1. The van der Waals surface area contributed by atoms with Gasteiger partial charge in [-0.05, 0) is 42.7 Å². The molecule has 0 spiro atoms. The number of nitrogens with zero attached hydrogens (tertiary/aromatic N) is 3. The van der Waals surface area contributed by atoms with Crippen LogP contribution in [0.15, 0.2) is 42.7 Å². The number of rotatable bonds is 2. The van der Waals surface area contributed by atoms with Crippen LogP contribution in [0.3, 0.4) is 0 Å². The molecule has 4 aromatic rings. The molecule has 0 aliphatic heterocycles. The average Bonchev–Trinajstić information content (AvgIpc) is 3.06. The van der Waals surface area contributed by atoms with Gasteiger partial charge in [0.25, 0.3) is 0 Å². The van der Waals surface area contributed by atoms with Gasteiger partial charge in [-0.25, -0.2) is 4.98 Å². The van der Waals surface area contributed by atoms with E-state index in [4.69, 9.17) is 4.98 Å². The Morgan fingerprint density at radius 3 is 2.91 bits per heavy atom. The van der Waals surface area contributed by atoms with Crippen molar-refractivity contribution >= 4 is 21.9 Å².